The molecule has 0 saturated carbocycles. The van der Waals surface area contributed by atoms with Gasteiger partial charge in [0, 0.05) is 39.9 Å². The maximum atomic E-state index is 11.2. The Labute approximate surface area is 265 Å². The maximum absolute atomic E-state index is 11.2. The number of piperazine rings is 1. The first kappa shape index (κ1) is 31.0. The Balaban J connectivity index is 1.63. The summed E-state index contributed by atoms with van der Waals surface area (Å²) < 4.78 is 30.9. The minimum absolute atomic E-state index is 0.0378. The van der Waals surface area contributed by atoms with Crippen LogP contribution in [0, 0.1) is 25.2 Å². The highest BCUT2D eigenvalue weighted by atomic mass is 16.5. The fourth-order valence-electron chi connectivity index (χ4n) is 8.68. The summed E-state index contributed by atoms with van der Waals surface area (Å²) in [6.07, 6.45) is 6.49. The molecule has 0 radical (unpaired) electrons. The van der Waals surface area contributed by atoms with Crippen LogP contribution in [0.25, 0.3) is 0 Å². The van der Waals surface area contributed by atoms with E-state index in [0.29, 0.717) is 42.6 Å². The molecule has 0 aliphatic carbocycles. The number of nitrogens with zero attached hydrogens (tertiary/aromatic N) is 3. The van der Waals surface area contributed by atoms with Crippen molar-refractivity contribution in [1.82, 2.24) is 9.80 Å². The molecule has 6 atom stereocenters. The van der Waals surface area contributed by atoms with Crippen molar-refractivity contribution in [3.05, 3.63) is 77.4 Å². The molecule has 9 nitrogen and oxygen atoms in total. The SMILES string of the molecule is C=CCOc1c(C)c(OC)c(OCC=C)c2c1CC1C3c4c(cc(C)c(OC)c4OCC=C)C4(C)C[C@@H]([C@H](C#N)N1[C@H]2CO)N34. The molecular formula is C36H43N3O6. The van der Waals surface area contributed by atoms with Gasteiger partial charge in [0.25, 0.3) is 0 Å². The van der Waals surface area contributed by atoms with Gasteiger partial charge in [0.1, 0.15) is 31.6 Å². The summed E-state index contributed by atoms with van der Waals surface area (Å²) in [5.74, 6) is 3.21. The van der Waals surface area contributed by atoms with Gasteiger partial charge in [-0.15, -0.1) is 0 Å². The average Bonchev–Trinajstić information content (AvgIpc) is 3.24. The first-order valence-corrected chi connectivity index (χ1v) is 15.5. The van der Waals surface area contributed by atoms with Gasteiger partial charge in [-0.05, 0) is 50.8 Å². The predicted octanol–water partition coefficient (Wildman–Crippen LogP) is 5.23. The lowest BCUT2D eigenvalue weighted by Crippen LogP contribution is -2.74. The van der Waals surface area contributed by atoms with Crippen molar-refractivity contribution in [1.29, 1.82) is 5.26 Å². The van der Waals surface area contributed by atoms with Gasteiger partial charge >= 0.3 is 0 Å². The molecule has 2 aromatic carbocycles. The summed E-state index contributed by atoms with van der Waals surface area (Å²) in [5.41, 5.74) is 5.56. The second-order valence-corrected chi connectivity index (χ2v) is 12.4. The van der Waals surface area contributed by atoms with Crippen molar-refractivity contribution >= 4 is 0 Å². The first-order chi connectivity index (χ1) is 21.8. The third-order valence-corrected chi connectivity index (χ3v) is 10.2. The third kappa shape index (κ3) is 4.23. The number of rotatable bonds is 12. The molecule has 3 unspecified atom stereocenters. The van der Waals surface area contributed by atoms with E-state index in [1.54, 1.807) is 32.4 Å². The predicted molar refractivity (Wildman–Crippen MR) is 171 cm³/mol. The highest BCUT2D eigenvalue weighted by molar-refractivity contribution is 5.67. The molecule has 4 heterocycles. The topological polar surface area (TPSA) is 96.6 Å². The molecule has 238 valence electrons. The van der Waals surface area contributed by atoms with Crippen LogP contribution in [0.2, 0.25) is 0 Å². The summed E-state index contributed by atoms with van der Waals surface area (Å²) in [5, 5.41) is 22.0. The number of fused-ring (bicyclic) bond motifs is 6. The van der Waals surface area contributed by atoms with E-state index in [1.807, 2.05) is 13.8 Å². The highest BCUT2D eigenvalue weighted by Gasteiger charge is 2.69. The smallest absolute Gasteiger partial charge is 0.167 e. The average molecular weight is 614 g/mol. The number of ether oxygens (including phenoxy) is 5. The van der Waals surface area contributed by atoms with Crippen molar-refractivity contribution in [3.63, 3.8) is 0 Å². The van der Waals surface area contributed by atoms with E-state index in [9.17, 15) is 10.4 Å². The Kier molecular flexibility index (Phi) is 8.10. The number of benzene rings is 2. The number of methoxy groups -OCH3 is 2. The Bertz CT molecular complexity index is 1600. The van der Waals surface area contributed by atoms with Gasteiger partial charge < -0.3 is 28.8 Å². The molecule has 4 aliphatic rings. The lowest BCUT2D eigenvalue weighted by Gasteiger charge is -2.65. The molecule has 2 fully saturated rings. The number of hydrogen-bond acceptors (Lipinski definition) is 9. The molecule has 2 saturated heterocycles. The number of aliphatic hydroxyl groups is 1. The first-order valence-electron chi connectivity index (χ1n) is 15.5. The Hall–Kier alpha value is -3.97. The van der Waals surface area contributed by atoms with Crippen LogP contribution in [0.4, 0.5) is 0 Å². The highest BCUT2D eigenvalue weighted by Crippen LogP contribution is 2.67. The van der Waals surface area contributed by atoms with E-state index in [4.69, 9.17) is 23.7 Å². The van der Waals surface area contributed by atoms with E-state index in [0.717, 1.165) is 40.0 Å². The summed E-state index contributed by atoms with van der Waals surface area (Å²) in [7, 11) is 3.28. The molecule has 4 aliphatic heterocycles. The van der Waals surface area contributed by atoms with Gasteiger partial charge in [-0.1, -0.05) is 38.0 Å². The second-order valence-electron chi connectivity index (χ2n) is 12.4. The van der Waals surface area contributed by atoms with Gasteiger partial charge in [-0.3, -0.25) is 9.80 Å². The summed E-state index contributed by atoms with van der Waals surface area (Å²) >= 11 is 0. The minimum Gasteiger partial charge on any atom is -0.493 e. The quantitative estimate of drug-likeness (QED) is 0.323. The van der Waals surface area contributed by atoms with Crippen LogP contribution in [-0.2, 0) is 12.0 Å². The van der Waals surface area contributed by atoms with E-state index in [-0.39, 0.29) is 36.9 Å². The third-order valence-electron chi connectivity index (χ3n) is 10.2. The van der Waals surface area contributed by atoms with E-state index in [2.05, 4.69) is 48.6 Å². The summed E-state index contributed by atoms with van der Waals surface area (Å²) in [6.45, 7) is 18.5. The molecule has 9 heteroatoms. The zero-order valence-corrected chi connectivity index (χ0v) is 26.9. The maximum Gasteiger partial charge on any atom is 0.167 e. The molecule has 6 rings (SSSR count). The van der Waals surface area contributed by atoms with Crippen LogP contribution in [0.15, 0.2) is 44.0 Å². The molecule has 0 amide bonds. The Morgan fingerprint density at radius 1 is 0.933 bits per heavy atom. The minimum atomic E-state index is -0.549. The Morgan fingerprint density at radius 3 is 2.09 bits per heavy atom. The monoisotopic (exact) mass is 613 g/mol. The van der Waals surface area contributed by atoms with Crippen molar-refractivity contribution in [2.24, 2.45) is 0 Å². The second kappa shape index (κ2) is 11.8. The number of aliphatic hydroxyl groups excluding tert-OH is 1. The molecule has 45 heavy (non-hydrogen) atoms. The molecule has 2 aromatic rings. The molecule has 1 N–H and O–H groups in total. The molecule has 0 aromatic heterocycles. The largest absolute Gasteiger partial charge is 0.493 e. The summed E-state index contributed by atoms with van der Waals surface area (Å²) in [4.78, 5) is 4.74. The zero-order chi connectivity index (χ0) is 32.2. The number of hydrogen-bond donors (Lipinski definition) is 1. The van der Waals surface area contributed by atoms with Crippen LogP contribution < -0.4 is 23.7 Å². The van der Waals surface area contributed by atoms with Crippen LogP contribution >= 0.6 is 0 Å². The number of aryl methyl sites for hydroxylation is 1. The van der Waals surface area contributed by atoms with Crippen LogP contribution in [0.5, 0.6) is 28.7 Å². The molecule has 0 spiro atoms. The van der Waals surface area contributed by atoms with Gasteiger partial charge in [-0.2, -0.15) is 5.26 Å². The fourth-order valence-corrected chi connectivity index (χ4v) is 8.68. The van der Waals surface area contributed by atoms with Crippen LogP contribution in [0.1, 0.15) is 58.8 Å². The summed E-state index contributed by atoms with van der Waals surface area (Å²) in [6, 6.07) is 3.50. The van der Waals surface area contributed by atoms with E-state index >= 15 is 0 Å². The van der Waals surface area contributed by atoms with E-state index in [1.165, 1.54) is 5.56 Å². The van der Waals surface area contributed by atoms with Crippen molar-refractivity contribution in [2.75, 3.05) is 40.6 Å². The van der Waals surface area contributed by atoms with Crippen LogP contribution in [0.3, 0.4) is 0 Å². The Morgan fingerprint density at radius 2 is 1.53 bits per heavy atom. The van der Waals surface area contributed by atoms with Gasteiger partial charge in [-0.25, -0.2) is 0 Å². The molecule has 0 bridgehead atoms. The normalized spacial score (nSPS) is 27.4. The lowest BCUT2D eigenvalue weighted by molar-refractivity contribution is -0.182. The van der Waals surface area contributed by atoms with Gasteiger partial charge in [0.15, 0.2) is 23.0 Å². The van der Waals surface area contributed by atoms with Gasteiger partial charge in [0.2, 0.25) is 0 Å². The standard InChI is InChI=1S/C36H43N3O6/c1-9-12-43-32-21(5)33(42-8)34(44-13-10-2)28-22(32)16-24-30-29-23(15-20(4)31(41-7)35(29)45-14-11-3)36(6)17-25(39(30)36)26(18-37)38(24)27(28)19-40/h9-11,15,24-27,30,40H,1-3,12-14,16-17,19H2,4-8H3/t24?,25-,26-,27-,30?,36?/m0/s1. The van der Waals surface area contributed by atoms with Gasteiger partial charge in [0.05, 0.1) is 39.0 Å². The van der Waals surface area contributed by atoms with E-state index < -0.39 is 12.1 Å². The van der Waals surface area contributed by atoms with Crippen molar-refractivity contribution in [3.8, 4) is 34.8 Å². The van der Waals surface area contributed by atoms with Crippen LogP contribution in [-0.4, -0.2) is 73.7 Å². The van der Waals surface area contributed by atoms with Crippen molar-refractivity contribution in [2.45, 2.75) is 69.4 Å². The fraction of sp³-hybridized carbons (Fsp3) is 0.472. The molecular weight excluding hydrogens is 570 g/mol. The lowest BCUT2D eigenvalue weighted by atomic mass is 9.70. The van der Waals surface area contributed by atoms with Crippen molar-refractivity contribution < 1.29 is 28.8 Å². The number of nitriles is 1. The zero-order valence-electron chi connectivity index (χ0n) is 26.9.